The molecule has 0 bridgehead atoms. The summed E-state index contributed by atoms with van der Waals surface area (Å²) in [6.45, 7) is 9.98. The lowest BCUT2D eigenvalue weighted by Crippen LogP contribution is -2.24. The number of hydrogen-bond donors (Lipinski definition) is 0. The molecule has 6 heteroatoms. The quantitative estimate of drug-likeness (QED) is 0.416. The van der Waals surface area contributed by atoms with Crippen molar-refractivity contribution in [1.82, 2.24) is 0 Å². The van der Waals surface area contributed by atoms with E-state index in [2.05, 4.69) is 31.2 Å². The van der Waals surface area contributed by atoms with E-state index in [1.54, 1.807) is 12.3 Å². The Labute approximate surface area is 143 Å². The van der Waals surface area contributed by atoms with Gasteiger partial charge in [-0.15, -0.1) is 0 Å². The molecule has 0 aromatic heterocycles. The van der Waals surface area contributed by atoms with Crippen LogP contribution in [-0.2, 0) is 4.43 Å². The van der Waals surface area contributed by atoms with Crippen molar-refractivity contribution >= 4 is 26.3 Å². The Bertz CT molecular complexity index is 580. The van der Waals surface area contributed by atoms with Gasteiger partial charge in [0.25, 0.3) is 0 Å². The smallest absolute Gasteiger partial charge is 0.244 e. The molecule has 0 radical (unpaired) electrons. The van der Waals surface area contributed by atoms with Crippen LogP contribution >= 0.6 is 11.8 Å². The molecule has 0 atom stereocenters. The lowest BCUT2D eigenvalue weighted by atomic mass is 10.2. The molecule has 1 aromatic carbocycles. The molecule has 0 saturated carbocycles. The molecule has 1 aromatic rings. The summed E-state index contributed by atoms with van der Waals surface area (Å²) in [5.74, 6) is 2.92. The van der Waals surface area contributed by atoms with Crippen LogP contribution in [-0.4, -0.2) is 32.1 Å². The highest BCUT2D eigenvalue weighted by Crippen LogP contribution is 2.25. The van der Waals surface area contributed by atoms with E-state index in [4.69, 9.17) is 9.16 Å². The second kappa shape index (κ2) is 8.01. The lowest BCUT2D eigenvalue weighted by molar-refractivity contribution is 0.192. The summed E-state index contributed by atoms with van der Waals surface area (Å²) in [5.41, 5.74) is 0.614. The molecule has 0 N–H and O–H groups in total. The Hall–Kier alpha value is -1.27. The van der Waals surface area contributed by atoms with Gasteiger partial charge in [-0.3, -0.25) is 0 Å². The SMILES string of the molecule is C=C(/N=C/c1cc(F)ccc1OC1CCSCC1)O[Si](C)(C)C. The van der Waals surface area contributed by atoms with Gasteiger partial charge < -0.3 is 9.16 Å². The molecule has 1 heterocycles. The fourth-order valence-electron chi connectivity index (χ4n) is 2.22. The first kappa shape index (κ1) is 18.1. The monoisotopic (exact) mass is 353 g/mol. The van der Waals surface area contributed by atoms with Crippen LogP contribution in [0.2, 0.25) is 19.6 Å². The van der Waals surface area contributed by atoms with Crippen LogP contribution in [0, 0.1) is 5.82 Å². The molecule has 1 aliphatic rings. The molecule has 3 nitrogen and oxygen atoms in total. The van der Waals surface area contributed by atoms with Crippen LogP contribution in [0.25, 0.3) is 0 Å². The number of halogens is 1. The predicted molar refractivity (Wildman–Crippen MR) is 98.5 cm³/mol. The first-order chi connectivity index (χ1) is 10.8. The van der Waals surface area contributed by atoms with Crippen molar-refractivity contribution in [1.29, 1.82) is 0 Å². The second-order valence-electron chi connectivity index (χ2n) is 6.48. The van der Waals surface area contributed by atoms with E-state index in [-0.39, 0.29) is 11.9 Å². The third kappa shape index (κ3) is 6.39. The number of benzene rings is 1. The number of thioether (sulfide) groups is 1. The Morgan fingerprint density at radius 3 is 2.70 bits per heavy atom. The first-order valence-corrected chi connectivity index (χ1v) is 12.4. The summed E-state index contributed by atoms with van der Waals surface area (Å²) in [5, 5.41) is 0. The molecule has 0 spiro atoms. The zero-order valence-electron chi connectivity index (χ0n) is 14.0. The molecule has 0 unspecified atom stereocenters. The molecular weight excluding hydrogens is 329 g/mol. The average molecular weight is 354 g/mol. The van der Waals surface area contributed by atoms with Crippen LogP contribution in [0.3, 0.4) is 0 Å². The van der Waals surface area contributed by atoms with Crippen molar-refractivity contribution < 1.29 is 13.6 Å². The van der Waals surface area contributed by atoms with Gasteiger partial charge in [-0.05, 0) is 68.8 Å². The normalized spacial score (nSPS) is 16.5. The fraction of sp³-hybridized carbons (Fsp3) is 0.471. The van der Waals surface area contributed by atoms with Crippen molar-refractivity contribution in [3.8, 4) is 5.75 Å². The van der Waals surface area contributed by atoms with Crippen molar-refractivity contribution in [3.05, 3.63) is 42.0 Å². The minimum absolute atomic E-state index is 0.190. The van der Waals surface area contributed by atoms with Gasteiger partial charge in [-0.25, -0.2) is 9.38 Å². The van der Waals surface area contributed by atoms with E-state index in [1.807, 2.05) is 11.8 Å². The van der Waals surface area contributed by atoms with Crippen molar-refractivity contribution in [2.45, 2.75) is 38.6 Å². The van der Waals surface area contributed by atoms with Crippen LogP contribution in [0.5, 0.6) is 5.75 Å². The Morgan fingerprint density at radius 1 is 1.35 bits per heavy atom. The summed E-state index contributed by atoms with van der Waals surface area (Å²) in [6, 6.07) is 4.51. The van der Waals surface area contributed by atoms with Gasteiger partial charge in [-0.1, -0.05) is 0 Å². The molecule has 1 fully saturated rings. The van der Waals surface area contributed by atoms with Crippen LogP contribution < -0.4 is 4.74 Å². The zero-order valence-corrected chi connectivity index (χ0v) is 15.8. The van der Waals surface area contributed by atoms with Crippen LogP contribution in [0.1, 0.15) is 18.4 Å². The van der Waals surface area contributed by atoms with E-state index in [0.29, 0.717) is 17.2 Å². The predicted octanol–water partition coefficient (Wildman–Crippen LogP) is 4.84. The van der Waals surface area contributed by atoms with Crippen LogP contribution in [0.4, 0.5) is 4.39 Å². The zero-order chi connectivity index (χ0) is 16.9. The Kier molecular flexibility index (Phi) is 6.30. The van der Waals surface area contributed by atoms with Crippen molar-refractivity contribution in [2.24, 2.45) is 4.99 Å². The summed E-state index contributed by atoms with van der Waals surface area (Å²) in [6.07, 6.45) is 3.79. The maximum absolute atomic E-state index is 13.6. The average Bonchev–Trinajstić information content (AvgIpc) is 2.47. The van der Waals surface area contributed by atoms with Gasteiger partial charge in [0, 0.05) is 11.8 Å². The third-order valence-electron chi connectivity index (χ3n) is 3.21. The number of aliphatic imine (C=N–C) groups is 1. The van der Waals surface area contributed by atoms with Crippen molar-refractivity contribution in [2.75, 3.05) is 11.5 Å². The molecule has 0 amide bonds. The van der Waals surface area contributed by atoms with E-state index in [9.17, 15) is 4.39 Å². The maximum atomic E-state index is 13.6. The lowest BCUT2D eigenvalue weighted by Gasteiger charge is -2.23. The number of rotatable bonds is 6. The fourth-order valence-corrected chi connectivity index (χ4v) is 4.05. The number of ether oxygens (including phenoxy) is 1. The van der Waals surface area contributed by atoms with Gasteiger partial charge in [-0.2, -0.15) is 11.8 Å². The van der Waals surface area contributed by atoms with E-state index < -0.39 is 8.32 Å². The summed E-state index contributed by atoms with van der Waals surface area (Å²) >= 11 is 1.94. The van der Waals surface area contributed by atoms with E-state index >= 15 is 0 Å². The minimum atomic E-state index is -1.74. The Morgan fingerprint density at radius 2 is 2.04 bits per heavy atom. The molecule has 1 aliphatic heterocycles. The van der Waals surface area contributed by atoms with Crippen LogP contribution in [0.15, 0.2) is 35.7 Å². The van der Waals surface area contributed by atoms with Gasteiger partial charge in [0.1, 0.15) is 17.7 Å². The molecule has 23 heavy (non-hydrogen) atoms. The van der Waals surface area contributed by atoms with Gasteiger partial charge in [0.05, 0.1) is 0 Å². The number of nitrogens with zero attached hydrogens (tertiary/aromatic N) is 1. The minimum Gasteiger partial charge on any atom is -0.532 e. The van der Waals surface area contributed by atoms with Gasteiger partial charge >= 0.3 is 0 Å². The third-order valence-corrected chi connectivity index (χ3v) is 5.10. The molecule has 2 rings (SSSR count). The molecule has 1 saturated heterocycles. The second-order valence-corrected chi connectivity index (χ2v) is 12.1. The summed E-state index contributed by atoms with van der Waals surface area (Å²) in [7, 11) is -1.74. The summed E-state index contributed by atoms with van der Waals surface area (Å²) in [4.78, 5) is 4.22. The topological polar surface area (TPSA) is 30.8 Å². The van der Waals surface area contributed by atoms with E-state index in [0.717, 1.165) is 24.3 Å². The van der Waals surface area contributed by atoms with Crippen molar-refractivity contribution in [3.63, 3.8) is 0 Å². The number of hydrogen-bond acceptors (Lipinski definition) is 4. The van der Waals surface area contributed by atoms with E-state index in [1.165, 1.54) is 12.1 Å². The van der Waals surface area contributed by atoms with Gasteiger partial charge in [0.15, 0.2) is 5.88 Å². The largest absolute Gasteiger partial charge is 0.532 e. The Balaban J connectivity index is 2.10. The molecule has 0 aliphatic carbocycles. The maximum Gasteiger partial charge on any atom is 0.244 e. The highest BCUT2D eigenvalue weighted by atomic mass is 32.2. The first-order valence-electron chi connectivity index (χ1n) is 7.79. The molecule has 126 valence electrons. The molecular formula is C17H24FNO2SSi. The standard InChI is InChI=1S/C17H24FNO2SSi/c1-13(21-23(2,3)4)19-12-14-11-15(18)5-6-17(14)20-16-7-9-22-10-8-16/h5-6,11-12,16H,1,7-10H2,2-4H3/b19-12+. The highest BCUT2D eigenvalue weighted by molar-refractivity contribution is 7.99. The van der Waals surface area contributed by atoms with Gasteiger partial charge in [0.2, 0.25) is 8.32 Å². The summed E-state index contributed by atoms with van der Waals surface area (Å²) < 4.78 is 25.3. The highest BCUT2D eigenvalue weighted by Gasteiger charge is 2.18.